The maximum Gasteiger partial charge on any atom is 0.318 e. The maximum absolute atomic E-state index is 11.9. The van der Waals surface area contributed by atoms with Crippen LogP contribution in [0.5, 0.6) is 17.5 Å². The minimum atomic E-state index is -0.0474. The molecule has 0 unspecified atom stereocenters. The molecular formula is C28H34N6O4. The van der Waals surface area contributed by atoms with Gasteiger partial charge in [0.1, 0.15) is 30.5 Å². The van der Waals surface area contributed by atoms with Gasteiger partial charge in [0.15, 0.2) is 17.3 Å². The van der Waals surface area contributed by atoms with Gasteiger partial charge in [-0.15, -0.1) is 0 Å². The number of hydrogen-bond acceptors (Lipinski definition) is 9. The normalized spacial score (nSPS) is 19.3. The number of fused-ring (bicyclic) bond motifs is 1. The average Bonchev–Trinajstić information content (AvgIpc) is 3.61. The van der Waals surface area contributed by atoms with Gasteiger partial charge < -0.3 is 28.9 Å². The molecule has 5 heterocycles. The number of hydrogen-bond donors (Lipinski definition) is 0. The number of benzene rings is 1. The van der Waals surface area contributed by atoms with E-state index in [0.717, 1.165) is 13.0 Å². The molecule has 0 atom stereocenters. The fourth-order valence-corrected chi connectivity index (χ4v) is 5.60. The summed E-state index contributed by atoms with van der Waals surface area (Å²) in [6.07, 6.45) is 5.09. The predicted octanol–water partition coefficient (Wildman–Crippen LogP) is 2.73. The van der Waals surface area contributed by atoms with Crippen LogP contribution in [0.15, 0.2) is 30.9 Å². The molecule has 3 fully saturated rings. The van der Waals surface area contributed by atoms with Gasteiger partial charge in [0.2, 0.25) is 5.91 Å². The van der Waals surface area contributed by atoms with Gasteiger partial charge in [0, 0.05) is 37.2 Å². The van der Waals surface area contributed by atoms with Crippen molar-refractivity contribution in [3.8, 4) is 34.8 Å². The van der Waals surface area contributed by atoms with Crippen molar-refractivity contribution in [2.24, 2.45) is 5.41 Å². The number of nitrogens with zero attached hydrogens (tertiary/aromatic N) is 6. The van der Waals surface area contributed by atoms with Gasteiger partial charge >= 0.3 is 6.01 Å². The van der Waals surface area contributed by atoms with E-state index in [4.69, 9.17) is 14.2 Å². The molecule has 6 rings (SSSR count). The summed E-state index contributed by atoms with van der Waals surface area (Å²) in [6, 6.07) is 8.02. The largest absolute Gasteiger partial charge is 0.486 e. The van der Waals surface area contributed by atoms with Crippen molar-refractivity contribution in [3.63, 3.8) is 0 Å². The molecule has 1 amide bonds. The van der Waals surface area contributed by atoms with Crippen molar-refractivity contribution in [2.75, 3.05) is 71.5 Å². The van der Waals surface area contributed by atoms with Gasteiger partial charge in [0.25, 0.3) is 0 Å². The smallest absolute Gasteiger partial charge is 0.318 e. The Kier molecular flexibility index (Phi) is 7.38. The van der Waals surface area contributed by atoms with E-state index in [1.165, 1.54) is 39.1 Å². The SMILES string of the molecule is C=CC(=O)N1CC2(CCN(c3nc(OC)nc(-c4cccc5c4OCCO5)c3C#N)C2)C1.CN1CCCC1. The van der Waals surface area contributed by atoms with Crippen molar-refractivity contribution in [1.29, 1.82) is 5.26 Å². The summed E-state index contributed by atoms with van der Waals surface area (Å²) in [5, 5.41) is 10.1. The highest BCUT2D eigenvalue weighted by molar-refractivity contribution is 5.88. The van der Waals surface area contributed by atoms with Crippen LogP contribution in [0.1, 0.15) is 24.8 Å². The van der Waals surface area contributed by atoms with Crippen molar-refractivity contribution >= 4 is 11.7 Å². The van der Waals surface area contributed by atoms with Gasteiger partial charge in [-0.05, 0) is 57.6 Å². The molecule has 10 heteroatoms. The van der Waals surface area contributed by atoms with Crippen LogP contribution in [0, 0.1) is 16.7 Å². The Bertz CT molecular complexity index is 1250. The number of carbonyl (C=O) groups is 1. The van der Waals surface area contributed by atoms with E-state index < -0.39 is 0 Å². The highest BCUT2D eigenvalue weighted by Crippen LogP contribution is 2.45. The van der Waals surface area contributed by atoms with Gasteiger partial charge in [0.05, 0.1) is 7.11 Å². The minimum Gasteiger partial charge on any atom is -0.486 e. The summed E-state index contributed by atoms with van der Waals surface area (Å²) in [5.41, 5.74) is 1.49. The third kappa shape index (κ3) is 4.98. The summed E-state index contributed by atoms with van der Waals surface area (Å²) >= 11 is 0. The van der Waals surface area contributed by atoms with Gasteiger partial charge in [-0.3, -0.25) is 4.79 Å². The second-order valence-electron chi connectivity index (χ2n) is 10.3. The van der Waals surface area contributed by atoms with Crippen LogP contribution in [-0.2, 0) is 4.79 Å². The van der Waals surface area contributed by atoms with Crippen molar-refractivity contribution in [3.05, 3.63) is 36.4 Å². The fourth-order valence-electron chi connectivity index (χ4n) is 5.60. The first-order valence-electron chi connectivity index (χ1n) is 13.1. The Hall–Kier alpha value is -3.84. The lowest BCUT2D eigenvalue weighted by Crippen LogP contribution is -2.59. The summed E-state index contributed by atoms with van der Waals surface area (Å²) in [7, 11) is 3.68. The maximum atomic E-state index is 11.9. The number of nitriles is 1. The van der Waals surface area contributed by atoms with Crippen molar-refractivity contribution in [1.82, 2.24) is 19.8 Å². The minimum absolute atomic E-state index is 0.00655. The van der Waals surface area contributed by atoms with Crippen LogP contribution in [0.3, 0.4) is 0 Å². The van der Waals surface area contributed by atoms with Crippen molar-refractivity contribution in [2.45, 2.75) is 19.3 Å². The van der Waals surface area contributed by atoms with E-state index in [2.05, 4.69) is 39.5 Å². The molecule has 0 aliphatic carbocycles. The quantitative estimate of drug-likeness (QED) is 0.565. The molecule has 1 aromatic heterocycles. The van der Waals surface area contributed by atoms with Crippen LogP contribution >= 0.6 is 0 Å². The van der Waals surface area contributed by atoms with E-state index in [9.17, 15) is 10.1 Å². The monoisotopic (exact) mass is 518 g/mol. The third-order valence-corrected chi connectivity index (χ3v) is 7.59. The molecule has 1 aromatic carbocycles. The Morgan fingerprint density at radius 1 is 1.16 bits per heavy atom. The summed E-state index contributed by atoms with van der Waals surface area (Å²) in [6.45, 7) is 9.91. The summed E-state index contributed by atoms with van der Waals surface area (Å²) in [5.74, 6) is 1.68. The molecular weight excluding hydrogens is 484 g/mol. The molecule has 2 aromatic rings. The van der Waals surface area contributed by atoms with E-state index in [1.54, 1.807) is 4.90 Å². The topological polar surface area (TPSA) is 104 Å². The van der Waals surface area contributed by atoms with Crippen LogP contribution in [0.4, 0.5) is 5.82 Å². The summed E-state index contributed by atoms with van der Waals surface area (Å²) < 4.78 is 16.9. The predicted molar refractivity (Wildman–Crippen MR) is 142 cm³/mol. The lowest BCUT2D eigenvalue weighted by Gasteiger charge is -2.47. The number of methoxy groups -OCH3 is 1. The first kappa shape index (κ1) is 25.8. The highest BCUT2D eigenvalue weighted by Gasteiger charge is 2.49. The second kappa shape index (κ2) is 10.9. The lowest BCUT2D eigenvalue weighted by atomic mass is 9.79. The molecule has 0 radical (unpaired) electrons. The zero-order chi connectivity index (χ0) is 26.7. The van der Waals surface area contributed by atoms with Gasteiger partial charge in [-0.2, -0.15) is 15.2 Å². The van der Waals surface area contributed by atoms with Gasteiger partial charge in [-0.25, -0.2) is 0 Å². The number of para-hydroxylation sites is 1. The first-order valence-corrected chi connectivity index (χ1v) is 13.1. The number of rotatable bonds is 4. The Morgan fingerprint density at radius 2 is 1.92 bits per heavy atom. The Labute approximate surface area is 223 Å². The molecule has 4 aliphatic rings. The van der Waals surface area contributed by atoms with Crippen LogP contribution < -0.4 is 19.1 Å². The third-order valence-electron chi connectivity index (χ3n) is 7.59. The molecule has 0 saturated carbocycles. The number of likely N-dealkylation sites (tertiary alicyclic amines) is 2. The zero-order valence-corrected chi connectivity index (χ0v) is 22.1. The average molecular weight is 519 g/mol. The van der Waals surface area contributed by atoms with Crippen LogP contribution in [0.2, 0.25) is 0 Å². The summed E-state index contributed by atoms with van der Waals surface area (Å²) in [4.78, 5) is 27.2. The molecule has 1 spiro atoms. The highest BCUT2D eigenvalue weighted by atomic mass is 16.6. The Morgan fingerprint density at radius 3 is 2.58 bits per heavy atom. The molecule has 10 nitrogen and oxygen atoms in total. The zero-order valence-electron chi connectivity index (χ0n) is 22.1. The lowest BCUT2D eigenvalue weighted by molar-refractivity contribution is -0.136. The number of amides is 1. The van der Waals surface area contributed by atoms with Gasteiger partial charge in [-0.1, -0.05) is 12.6 Å². The molecule has 0 N–H and O–H groups in total. The fraction of sp³-hybridized carbons (Fsp3) is 0.500. The number of aromatic nitrogens is 2. The number of anilines is 1. The van der Waals surface area contributed by atoms with E-state index >= 15 is 0 Å². The standard InChI is InChI=1S/C23H23N5O4.C5H11N/c1-3-18(29)28-13-23(14-28)7-8-27(12-23)21-16(11-24)19(25-22(26-21)30-2)15-5-4-6-17-20(15)32-10-9-31-17;1-6-4-2-3-5-6/h3-6H,1,7-10,12-14H2,2H3;2-5H2,1H3. The van der Waals surface area contributed by atoms with Crippen LogP contribution in [0.25, 0.3) is 11.3 Å². The first-order chi connectivity index (χ1) is 18.5. The Balaban J connectivity index is 0.000000433. The van der Waals surface area contributed by atoms with E-state index in [-0.39, 0.29) is 17.3 Å². The van der Waals surface area contributed by atoms with Crippen molar-refractivity contribution < 1.29 is 19.0 Å². The van der Waals surface area contributed by atoms with E-state index in [1.807, 2.05) is 18.2 Å². The number of carbonyl (C=O) groups excluding carboxylic acids is 1. The molecule has 0 bridgehead atoms. The molecule has 4 aliphatic heterocycles. The molecule has 38 heavy (non-hydrogen) atoms. The number of ether oxygens (including phenoxy) is 3. The van der Waals surface area contributed by atoms with E-state index in [0.29, 0.717) is 67.0 Å². The molecule has 200 valence electrons. The second-order valence-corrected chi connectivity index (χ2v) is 10.3. The van der Waals surface area contributed by atoms with Crippen LogP contribution in [-0.4, -0.2) is 92.3 Å². The molecule has 3 saturated heterocycles.